The standard InChI is InChI=1S/C9H13N5/c1-7(8-4-12-13-5-8)10-6-9-2-3-11-14-9/h2-5,7,10H,6H2,1H3,(H,11,14)(H,12,13). The van der Waals surface area contributed by atoms with Crippen LogP contribution in [0.15, 0.2) is 24.7 Å². The Kier molecular flexibility index (Phi) is 2.60. The lowest BCUT2D eigenvalue weighted by molar-refractivity contribution is 0.567. The van der Waals surface area contributed by atoms with Gasteiger partial charge in [-0.2, -0.15) is 10.2 Å². The van der Waals surface area contributed by atoms with Crippen LogP contribution in [0.5, 0.6) is 0 Å². The summed E-state index contributed by atoms with van der Waals surface area (Å²) in [4.78, 5) is 0. The number of aromatic amines is 2. The molecule has 0 amide bonds. The van der Waals surface area contributed by atoms with E-state index in [1.807, 2.05) is 18.5 Å². The van der Waals surface area contributed by atoms with E-state index in [9.17, 15) is 0 Å². The van der Waals surface area contributed by atoms with Crippen LogP contribution in [0, 0.1) is 0 Å². The van der Waals surface area contributed by atoms with Gasteiger partial charge in [0, 0.05) is 36.2 Å². The molecule has 0 fully saturated rings. The van der Waals surface area contributed by atoms with Gasteiger partial charge < -0.3 is 5.32 Å². The molecule has 0 saturated carbocycles. The molecular weight excluding hydrogens is 178 g/mol. The Hall–Kier alpha value is -1.62. The summed E-state index contributed by atoms with van der Waals surface area (Å²) < 4.78 is 0. The third kappa shape index (κ3) is 2.00. The lowest BCUT2D eigenvalue weighted by atomic mass is 10.2. The Balaban J connectivity index is 1.87. The molecule has 2 aromatic rings. The Morgan fingerprint density at radius 3 is 3.07 bits per heavy atom. The molecule has 0 aliphatic rings. The number of nitrogens with one attached hydrogen (secondary N) is 3. The van der Waals surface area contributed by atoms with Crippen LogP contribution in [-0.2, 0) is 6.54 Å². The molecule has 1 unspecified atom stereocenters. The van der Waals surface area contributed by atoms with E-state index in [1.54, 1.807) is 6.20 Å². The maximum absolute atomic E-state index is 3.90. The summed E-state index contributed by atoms with van der Waals surface area (Å²) >= 11 is 0. The van der Waals surface area contributed by atoms with Crippen molar-refractivity contribution < 1.29 is 0 Å². The fourth-order valence-electron chi connectivity index (χ4n) is 1.26. The molecule has 0 aromatic carbocycles. The number of rotatable bonds is 4. The largest absolute Gasteiger partial charge is 0.304 e. The van der Waals surface area contributed by atoms with Crippen LogP contribution in [-0.4, -0.2) is 20.4 Å². The molecule has 0 bridgehead atoms. The van der Waals surface area contributed by atoms with Gasteiger partial charge in [-0.15, -0.1) is 0 Å². The first kappa shape index (κ1) is 8.96. The third-order valence-electron chi connectivity index (χ3n) is 2.18. The summed E-state index contributed by atoms with van der Waals surface area (Å²) in [6, 6.07) is 2.24. The first-order valence-corrected chi connectivity index (χ1v) is 4.56. The molecule has 0 aliphatic carbocycles. The molecular formula is C9H13N5. The molecule has 74 valence electrons. The van der Waals surface area contributed by atoms with Gasteiger partial charge >= 0.3 is 0 Å². The van der Waals surface area contributed by atoms with Crippen molar-refractivity contribution >= 4 is 0 Å². The predicted molar refractivity (Wildman–Crippen MR) is 52.4 cm³/mol. The molecule has 3 N–H and O–H groups in total. The highest BCUT2D eigenvalue weighted by molar-refractivity contribution is 5.08. The van der Waals surface area contributed by atoms with Crippen LogP contribution in [0.4, 0.5) is 0 Å². The SMILES string of the molecule is CC(NCc1ccn[nH]1)c1cn[nH]c1. The van der Waals surface area contributed by atoms with E-state index < -0.39 is 0 Å². The summed E-state index contributed by atoms with van der Waals surface area (Å²) in [7, 11) is 0. The van der Waals surface area contributed by atoms with Crippen LogP contribution in [0.2, 0.25) is 0 Å². The van der Waals surface area contributed by atoms with Crippen molar-refractivity contribution in [2.75, 3.05) is 0 Å². The Labute approximate surface area is 81.9 Å². The molecule has 2 aromatic heterocycles. The van der Waals surface area contributed by atoms with E-state index in [-0.39, 0.29) is 6.04 Å². The minimum atomic E-state index is 0.289. The van der Waals surface area contributed by atoms with Gasteiger partial charge in [-0.1, -0.05) is 0 Å². The van der Waals surface area contributed by atoms with Crippen LogP contribution >= 0.6 is 0 Å². The van der Waals surface area contributed by atoms with Crippen molar-refractivity contribution in [3.63, 3.8) is 0 Å². The van der Waals surface area contributed by atoms with Gasteiger partial charge in [-0.3, -0.25) is 10.2 Å². The van der Waals surface area contributed by atoms with E-state index in [0.29, 0.717) is 0 Å². The Bertz CT molecular complexity index is 350. The lowest BCUT2D eigenvalue weighted by Gasteiger charge is -2.10. The zero-order valence-electron chi connectivity index (χ0n) is 7.99. The molecule has 5 nitrogen and oxygen atoms in total. The quantitative estimate of drug-likeness (QED) is 0.674. The van der Waals surface area contributed by atoms with Gasteiger partial charge in [0.25, 0.3) is 0 Å². The average molecular weight is 191 g/mol. The number of aromatic nitrogens is 4. The topological polar surface area (TPSA) is 69.4 Å². The second kappa shape index (κ2) is 4.06. The van der Waals surface area contributed by atoms with Gasteiger partial charge in [0.2, 0.25) is 0 Å². The van der Waals surface area contributed by atoms with Crippen molar-refractivity contribution in [1.82, 2.24) is 25.7 Å². The van der Waals surface area contributed by atoms with E-state index in [0.717, 1.165) is 17.8 Å². The first-order chi connectivity index (χ1) is 6.86. The fraction of sp³-hybridized carbons (Fsp3) is 0.333. The second-order valence-electron chi connectivity index (χ2n) is 3.22. The number of H-pyrrole nitrogens is 2. The number of hydrogen-bond donors (Lipinski definition) is 3. The number of nitrogens with zero attached hydrogens (tertiary/aromatic N) is 2. The summed E-state index contributed by atoms with van der Waals surface area (Å²) in [6.45, 7) is 2.88. The Morgan fingerprint density at radius 2 is 2.43 bits per heavy atom. The zero-order valence-corrected chi connectivity index (χ0v) is 7.99. The lowest BCUT2D eigenvalue weighted by Crippen LogP contribution is -2.17. The minimum Gasteiger partial charge on any atom is -0.304 e. The molecule has 0 aliphatic heterocycles. The van der Waals surface area contributed by atoms with Crippen molar-refractivity contribution in [3.8, 4) is 0 Å². The highest BCUT2D eigenvalue weighted by Crippen LogP contribution is 2.09. The maximum atomic E-state index is 3.90. The van der Waals surface area contributed by atoms with Crippen LogP contribution in [0.3, 0.4) is 0 Å². The second-order valence-corrected chi connectivity index (χ2v) is 3.22. The van der Waals surface area contributed by atoms with Gasteiger partial charge in [-0.05, 0) is 13.0 Å². The van der Waals surface area contributed by atoms with E-state index in [1.165, 1.54) is 0 Å². The fourth-order valence-corrected chi connectivity index (χ4v) is 1.26. The highest BCUT2D eigenvalue weighted by atomic mass is 15.1. The maximum Gasteiger partial charge on any atom is 0.0534 e. The van der Waals surface area contributed by atoms with Gasteiger partial charge in [-0.25, -0.2) is 0 Å². The smallest absolute Gasteiger partial charge is 0.0534 e. The van der Waals surface area contributed by atoms with E-state index in [2.05, 4.69) is 32.6 Å². The van der Waals surface area contributed by atoms with Crippen LogP contribution < -0.4 is 5.32 Å². The molecule has 0 spiro atoms. The summed E-state index contributed by atoms with van der Waals surface area (Å²) in [5.74, 6) is 0. The summed E-state index contributed by atoms with van der Waals surface area (Å²) in [5.41, 5.74) is 2.24. The summed E-state index contributed by atoms with van der Waals surface area (Å²) in [5, 5.41) is 16.8. The minimum absolute atomic E-state index is 0.289. The molecule has 2 heterocycles. The van der Waals surface area contributed by atoms with Gasteiger partial charge in [0.15, 0.2) is 0 Å². The predicted octanol–water partition coefficient (Wildman–Crippen LogP) is 0.984. The average Bonchev–Trinajstić information content (AvgIpc) is 2.87. The molecule has 5 heteroatoms. The van der Waals surface area contributed by atoms with Gasteiger partial charge in [0.1, 0.15) is 0 Å². The summed E-state index contributed by atoms with van der Waals surface area (Å²) in [6.07, 6.45) is 5.47. The molecule has 0 radical (unpaired) electrons. The monoisotopic (exact) mass is 191 g/mol. The van der Waals surface area contributed by atoms with Crippen LogP contribution in [0.1, 0.15) is 24.2 Å². The zero-order chi connectivity index (χ0) is 9.80. The first-order valence-electron chi connectivity index (χ1n) is 4.56. The van der Waals surface area contributed by atoms with E-state index >= 15 is 0 Å². The van der Waals surface area contributed by atoms with Crippen molar-refractivity contribution in [2.45, 2.75) is 19.5 Å². The molecule has 2 rings (SSSR count). The molecule has 1 atom stereocenters. The van der Waals surface area contributed by atoms with Gasteiger partial charge in [0.05, 0.1) is 6.20 Å². The van der Waals surface area contributed by atoms with E-state index in [4.69, 9.17) is 0 Å². The van der Waals surface area contributed by atoms with Crippen molar-refractivity contribution in [1.29, 1.82) is 0 Å². The van der Waals surface area contributed by atoms with Crippen LogP contribution in [0.25, 0.3) is 0 Å². The highest BCUT2D eigenvalue weighted by Gasteiger charge is 2.05. The Morgan fingerprint density at radius 1 is 1.50 bits per heavy atom. The van der Waals surface area contributed by atoms with Crippen molar-refractivity contribution in [2.24, 2.45) is 0 Å². The normalized spacial score (nSPS) is 12.9. The van der Waals surface area contributed by atoms with Crippen molar-refractivity contribution in [3.05, 3.63) is 35.9 Å². The molecule has 0 saturated heterocycles. The molecule has 14 heavy (non-hydrogen) atoms. The number of hydrogen-bond acceptors (Lipinski definition) is 3. The third-order valence-corrected chi connectivity index (χ3v) is 2.18.